The normalized spacial score (nSPS) is 11.8. The van der Waals surface area contributed by atoms with Crippen molar-refractivity contribution in [2.75, 3.05) is 26.2 Å². The van der Waals surface area contributed by atoms with Crippen LogP contribution in [0.2, 0.25) is 0 Å². The highest BCUT2D eigenvalue weighted by atomic mass is 16.4. The number of carboxylic acid groups (broad SMARTS) is 3. The van der Waals surface area contributed by atoms with E-state index in [0.717, 1.165) is 56.3 Å². The van der Waals surface area contributed by atoms with Crippen molar-refractivity contribution in [3.05, 3.63) is 12.2 Å². The van der Waals surface area contributed by atoms with Gasteiger partial charge in [-0.2, -0.15) is 0 Å². The molecule has 0 unspecified atom stereocenters. The van der Waals surface area contributed by atoms with E-state index in [4.69, 9.17) is 10.2 Å². The summed E-state index contributed by atoms with van der Waals surface area (Å²) in [5.74, 6) is -2.57. The summed E-state index contributed by atoms with van der Waals surface area (Å²) in [5, 5.41) is 28.9. The van der Waals surface area contributed by atoms with Crippen LogP contribution in [0.15, 0.2) is 12.2 Å². The molecule has 0 saturated heterocycles. The van der Waals surface area contributed by atoms with E-state index in [0.29, 0.717) is 19.3 Å². The molecule has 7 nitrogen and oxygen atoms in total. The highest BCUT2D eigenvalue weighted by molar-refractivity contribution is 5.66. The number of rotatable bonds is 31. The Balaban J connectivity index is 4.45. The SMILES string of the molecule is CCCCCC/C=C/CCCCCCCCCC[N+](CCCCC(=O)[O-])(CCCCC(=O)O)CCCCC(=O)O. The molecule has 234 valence electrons. The van der Waals surface area contributed by atoms with Crippen molar-refractivity contribution in [1.82, 2.24) is 0 Å². The lowest BCUT2D eigenvalue weighted by molar-refractivity contribution is -0.929. The van der Waals surface area contributed by atoms with E-state index >= 15 is 0 Å². The number of allylic oxidation sites excluding steroid dienone is 2. The maximum atomic E-state index is 11.0. The fraction of sp³-hybridized carbons (Fsp3) is 0.848. The fourth-order valence-electron chi connectivity index (χ4n) is 5.53. The molecule has 0 fully saturated rings. The third kappa shape index (κ3) is 26.3. The summed E-state index contributed by atoms with van der Waals surface area (Å²) >= 11 is 0. The van der Waals surface area contributed by atoms with Crippen molar-refractivity contribution in [3.63, 3.8) is 0 Å². The molecule has 0 aliphatic rings. The van der Waals surface area contributed by atoms with Gasteiger partial charge < -0.3 is 24.6 Å². The number of carbonyl (C=O) groups excluding carboxylic acids is 1. The topological polar surface area (TPSA) is 115 Å². The van der Waals surface area contributed by atoms with Crippen LogP contribution in [0.5, 0.6) is 0 Å². The first-order chi connectivity index (χ1) is 19.3. The molecule has 0 aromatic carbocycles. The monoisotopic (exact) mass is 567 g/mol. The van der Waals surface area contributed by atoms with Gasteiger partial charge in [0, 0.05) is 18.8 Å². The number of carboxylic acids is 3. The molecular weight excluding hydrogens is 506 g/mol. The van der Waals surface area contributed by atoms with Crippen LogP contribution >= 0.6 is 0 Å². The van der Waals surface area contributed by atoms with Gasteiger partial charge in [0.2, 0.25) is 0 Å². The highest BCUT2D eigenvalue weighted by Gasteiger charge is 2.26. The van der Waals surface area contributed by atoms with Gasteiger partial charge in [-0.15, -0.1) is 0 Å². The zero-order valence-corrected chi connectivity index (χ0v) is 25.7. The van der Waals surface area contributed by atoms with Gasteiger partial charge in [-0.25, -0.2) is 0 Å². The molecule has 0 aliphatic carbocycles. The van der Waals surface area contributed by atoms with Crippen molar-refractivity contribution in [2.45, 2.75) is 155 Å². The van der Waals surface area contributed by atoms with E-state index in [1.54, 1.807) is 0 Å². The standard InChI is InChI=1S/C33H61NO6/c1-2-3-4-5-6-7-8-9-10-11-12-13-14-15-16-20-27-34(28-21-17-24-31(35)36,29-22-18-25-32(37)38)30-23-19-26-33(39)40/h7-8H,2-6,9-30H2,1H3,(H2-,35,36,37,38,39,40)/b8-7+. The maximum Gasteiger partial charge on any atom is 0.303 e. The van der Waals surface area contributed by atoms with Crippen LogP contribution in [0.3, 0.4) is 0 Å². The lowest BCUT2D eigenvalue weighted by Crippen LogP contribution is -2.51. The summed E-state index contributed by atoms with van der Waals surface area (Å²) in [6, 6.07) is 0. The van der Waals surface area contributed by atoms with Gasteiger partial charge >= 0.3 is 11.9 Å². The maximum absolute atomic E-state index is 11.0. The van der Waals surface area contributed by atoms with E-state index in [1.165, 1.54) is 83.5 Å². The van der Waals surface area contributed by atoms with Gasteiger partial charge in [-0.1, -0.05) is 70.4 Å². The van der Waals surface area contributed by atoms with Crippen molar-refractivity contribution >= 4 is 17.9 Å². The minimum absolute atomic E-state index is 0.0629. The molecule has 0 heterocycles. The van der Waals surface area contributed by atoms with Crippen LogP contribution in [0, 0.1) is 0 Å². The van der Waals surface area contributed by atoms with Gasteiger partial charge in [-0.05, 0) is 83.5 Å². The first-order valence-electron chi connectivity index (χ1n) is 16.4. The summed E-state index contributed by atoms with van der Waals surface area (Å²) in [4.78, 5) is 32.9. The summed E-state index contributed by atoms with van der Waals surface area (Å²) in [5.41, 5.74) is 0. The second-order valence-corrected chi connectivity index (χ2v) is 11.7. The van der Waals surface area contributed by atoms with Crippen molar-refractivity contribution in [1.29, 1.82) is 0 Å². The molecule has 0 bridgehead atoms. The molecule has 0 aromatic rings. The van der Waals surface area contributed by atoms with Gasteiger partial charge in [0.05, 0.1) is 26.2 Å². The van der Waals surface area contributed by atoms with Crippen molar-refractivity contribution < 1.29 is 34.2 Å². The van der Waals surface area contributed by atoms with Crippen LogP contribution in [-0.4, -0.2) is 58.8 Å². The third-order valence-electron chi connectivity index (χ3n) is 7.95. The number of aliphatic carboxylic acids is 3. The minimum atomic E-state index is -1.02. The van der Waals surface area contributed by atoms with E-state index in [1.807, 2.05) is 0 Å². The summed E-state index contributed by atoms with van der Waals surface area (Å²) in [6.07, 6.45) is 27.1. The van der Waals surface area contributed by atoms with E-state index in [2.05, 4.69) is 19.1 Å². The van der Waals surface area contributed by atoms with Gasteiger partial charge in [0.15, 0.2) is 0 Å². The van der Waals surface area contributed by atoms with E-state index in [9.17, 15) is 19.5 Å². The van der Waals surface area contributed by atoms with Crippen molar-refractivity contribution in [3.8, 4) is 0 Å². The van der Waals surface area contributed by atoms with Gasteiger partial charge in [-0.3, -0.25) is 9.59 Å². The molecule has 0 spiro atoms. The summed E-state index contributed by atoms with van der Waals surface area (Å²) < 4.78 is 0.846. The molecule has 0 atom stereocenters. The molecule has 0 aromatic heterocycles. The lowest BCUT2D eigenvalue weighted by atomic mass is 10.0. The Labute approximate surface area is 245 Å². The number of quaternary nitrogens is 1. The molecule has 0 rings (SSSR count). The number of hydrogen-bond acceptors (Lipinski definition) is 4. The second kappa shape index (κ2) is 27.3. The van der Waals surface area contributed by atoms with Crippen LogP contribution in [0.1, 0.15) is 155 Å². The lowest BCUT2D eigenvalue weighted by Gasteiger charge is -2.39. The Morgan fingerprint density at radius 3 is 1.27 bits per heavy atom. The van der Waals surface area contributed by atoms with E-state index < -0.39 is 17.9 Å². The number of hydrogen-bond donors (Lipinski definition) is 2. The van der Waals surface area contributed by atoms with Crippen LogP contribution in [0.25, 0.3) is 0 Å². The smallest absolute Gasteiger partial charge is 0.303 e. The Bertz CT molecular complexity index is 608. The Kier molecular flexibility index (Phi) is 26.0. The first-order valence-corrected chi connectivity index (χ1v) is 16.4. The number of carbonyl (C=O) groups is 3. The average Bonchev–Trinajstić information content (AvgIpc) is 2.91. The van der Waals surface area contributed by atoms with Crippen LogP contribution < -0.4 is 5.11 Å². The molecule has 0 aliphatic heterocycles. The molecule has 7 heteroatoms. The fourth-order valence-corrected chi connectivity index (χ4v) is 5.53. The summed E-state index contributed by atoms with van der Waals surface area (Å²) in [7, 11) is 0. The third-order valence-corrected chi connectivity index (χ3v) is 7.95. The Morgan fingerprint density at radius 2 is 0.875 bits per heavy atom. The predicted octanol–water partition coefficient (Wildman–Crippen LogP) is 7.27. The molecule has 0 radical (unpaired) electrons. The average molecular weight is 568 g/mol. The molecule has 40 heavy (non-hydrogen) atoms. The number of nitrogens with zero attached hydrogens (tertiary/aromatic N) is 1. The zero-order chi connectivity index (χ0) is 29.7. The Hall–Kier alpha value is -1.89. The van der Waals surface area contributed by atoms with Gasteiger partial charge in [0.1, 0.15) is 0 Å². The molecule has 0 saturated carbocycles. The second-order valence-electron chi connectivity index (χ2n) is 11.7. The Morgan fingerprint density at radius 1 is 0.525 bits per heavy atom. The first kappa shape index (κ1) is 38.1. The number of unbranched alkanes of at least 4 members (excludes halogenated alkanes) is 15. The van der Waals surface area contributed by atoms with E-state index in [-0.39, 0.29) is 19.3 Å². The molecule has 0 amide bonds. The van der Waals surface area contributed by atoms with Crippen LogP contribution in [-0.2, 0) is 14.4 Å². The molecule has 2 N–H and O–H groups in total. The predicted molar refractivity (Wildman–Crippen MR) is 161 cm³/mol. The molecular formula is C33H61NO6. The van der Waals surface area contributed by atoms with Crippen LogP contribution in [0.4, 0.5) is 0 Å². The largest absolute Gasteiger partial charge is 0.550 e. The van der Waals surface area contributed by atoms with Crippen molar-refractivity contribution in [2.24, 2.45) is 0 Å². The minimum Gasteiger partial charge on any atom is -0.550 e. The van der Waals surface area contributed by atoms with Gasteiger partial charge in [0.25, 0.3) is 0 Å². The highest BCUT2D eigenvalue weighted by Crippen LogP contribution is 2.19. The summed E-state index contributed by atoms with van der Waals surface area (Å²) in [6.45, 7) is 5.85. The zero-order valence-electron chi connectivity index (χ0n) is 25.7. The quantitative estimate of drug-likeness (QED) is 0.0517.